The second-order valence-corrected chi connectivity index (χ2v) is 3.30. The molecule has 14 heavy (non-hydrogen) atoms. The molecule has 1 aromatic heterocycles. The van der Waals surface area contributed by atoms with Crippen molar-refractivity contribution in [1.82, 2.24) is 9.78 Å². The summed E-state index contributed by atoms with van der Waals surface area (Å²) in [4.78, 5) is 0. The van der Waals surface area contributed by atoms with Crippen LogP contribution in [0.5, 0.6) is 5.75 Å². The van der Waals surface area contributed by atoms with E-state index < -0.39 is 0 Å². The molecule has 0 bridgehead atoms. The first-order chi connectivity index (χ1) is 6.72. The Kier molecular flexibility index (Phi) is 4.46. The molecule has 4 heteroatoms. The minimum absolute atomic E-state index is 0.261. The van der Waals surface area contributed by atoms with E-state index in [1.54, 1.807) is 6.20 Å². The Bertz CT molecular complexity index is 258. The maximum atomic E-state index is 5.43. The van der Waals surface area contributed by atoms with Gasteiger partial charge in [-0.05, 0) is 20.8 Å². The molecule has 1 heterocycles. The molecule has 0 saturated carbocycles. The van der Waals surface area contributed by atoms with Crippen molar-refractivity contribution in [2.45, 2.75) is 33.4 Å². The molecule has 0 amide bonds. The highest BCUT2D eigenvalue weighted by Crippen LogP contribution is 2.07. The monoisotopic (exact) mass is 198 g/mol. The van der Waals surface area contributed by atoms with Crippen LogP contribution in [0.1, 0.15) is 20.8 Å². The average molecular weight is 198 g/mol. The number of aryl methyl sites for hydroxylation is 1. The van der Waals surface area contributed by atoms with Crippen LogP contribution in [0.15, 0.2) is 12.4 Å². The van der Waals surface area contributed by atoms with E-state index in [0.29, 0.717) is 13.2 Å². The lowest BCUT2D eigenvalue weighted by Crippen LogP contribution is -2.11. The van der Waals surface area contributed by atoms with Crippen LogP contribution in [0.25, 0.3) is 0 Å². The summed E-state index contributed by atoms with van der Waals surface area (Å²) in [6.07, 6.45) is 3.87. The summed E-state index contributed by atoms with van der Waals surface area (Å²) in [6.45, 7) is 8.12. The van der Waals surface area contributed by atoms with Gasteiger partial charge in [0.1, 0.15) is 6.61 Å². The average Bonchev–Trinajstić information content (AvgIpc) is 2.60. The maximum Gasteiger partial charge on any atom is 0.157 e. The lowest BCUT2D eigenvalue weighted by atomic mass is 10.5. The predicted molar refractivity (Wildman–Crippen MR) is 54.5 cm³/mol. The standard InChI is InChI=1S/C10H18N2O2/c1-4-12-8-10(7-11-12)14-6-5-13-9(2)3/h7-9H,4-6H2,1-3H3. The lowest BCUT2D eigenvalue weighted by Gasteiger charge is -2.07. The SMILES string of the molecule is CCn1cc(OCCOC(C)C)cn1. The second-order valence-electron chi connectivity index (χ2n) is 3.30. The smallest absolute Gasteiger partial charge is 0.157 e. The zero-order valence-electron chi connectivity index (χ0n) is 9.06. The quantitative estimate of drug-likeness (QED) is 0.653. The van der Waals surface area contributed by atoms with E-state index in [-0.39, 0.29) is 6.10 Å². The zero-order chi connectivity index (χ0) is 10.4. The molecule has 4 nitrogen and oxygen atoms in total. The van der Waals surface area contributed by atoms with Gasteiger partial charge >= 0.3 is 0 Å². The van der Waals surface area contributed by atoms with E-state index in [4.69, 9.17) is 9.47 Å². The van der Waals surface area contributed by atoms with Crippen LogP contribution in [-0.2, 0) is 11.3 Å². The van der Waals surface area contributed by atoms with E-state index in [9.17, 15) is 0 Å². The topological polar surface area (TPSA) is 36.3 Å². The molecule has 0 fully saturated rings. The Morgan fingerprint density at radius 2 is 2.21 bits per heavy atom. The summed E-state index contributed by atoms with van der Waals surface area (Å²) in [7, 11) is 0. The summed E-state index contributed by atoms with van der Waals surface area (Å²) >= 11 is 0. The first-order valence-corrected chi connectivity index (χ1v) is 4.99. The van der Waals surface area contributed by atoms with Gasteiger partial charge in [-0.3, -0.25) is 4.68 Å². The van der Waals surface area contributed by atoms with Crippen LogP contribution in [0, 0.1) is 0 Å². The molecule has 1 rings (SSSR count). The van der Waals surface area contributed by atoms with Crippen LogP contribution in [-0.4, -0.2) is 29.1 Å². The molecule has 0 aliphatic heterocycles. The molecule has 0 atom stereocenters. The van der Waals surface area contributed by atoms with Gasteiger partial charge in [0.2, 0.25) is 0 Å². The molecule has 0 unspecified atom stereocenters. The van der Waals surface area contributed by atoms with E-state index in [1.807, 2.05) is 31.6 Å². The van der Waals surface area contributed by atoms with Crippen LogP contribution < -0.4 is 4.74 Å². The van der Waals surface area contributed by atoms with Crippen molar-refractivity contribution in [3.05, 3.63) is 12.4 Å². The highest BCUT2D eigenvalue weighted by Gasteiger charge is 1.98. The van der Waals surface area contributed by atoms with Gasteiger partial charge in [0.25, 0.3) is 0 Å². The molecule has 0 radical (unpaired) electrons. The molecule has 0 aliphatic rings. The Labute approximate surface area is 84.8 Å². The molecule has 0 saturated heterocycles. The van der Waals surface area contributed by atoms with Crippen molar-refractivity contribution in [3.8, 4) is 5.75 Å². The minimum atomic E-state index is 0.261. The Morgan fingerprint density at radius 3 is 2.79 bits per heavy atom. The summed E-state index contributed by atoms with van der Waals surface area (Å²) < 4.78 is 12.6. The number of hydrogen-bond acceptors (Lipinski definition) is 3. The summed E-state index contributed by atoms with van der Waals surface area (Å²) in [5, 5.41) is 4.10. The van der Waals surface area contributed by atoms with Crippen molar-refractivity contribution in [3.63, 3.8) is 0 Å². The van der Waals surface area contributed by atoms with E-state index in [2.05, 4.69) is 5.10 Å². The third-order valence-electron chi connectivity index (χ3n) is 1.74. The maximum absolute atomic E-state index is 5.43. The third kappa shape index (κ3) is 3.79. The van der Waals surface area contributed by atoms with E-state index in [1.165, 1.54) is 0 Å². The van der Waals surface area contributed by atoms with Crippen LogP contribution in [0.2, 0.25) is 0 Å². The van der Waals surface area contributed by atoms with Crippen molar-refractivity contribution in [1.29, 1.82) is 0 Å². The lowest BCUT2D eigenvalue weighted by molar-refractivity contribution is 0.0552. The molecular weight excluding hydrogens is 180 g/mol. The van der Waals surface area contributed by atoms with Gasteiger partial charge in [0.05, 0.1) is 25.1 Å². The second kappa shape index (κ2) is 5.65. The number of ether oxygens (including phenoxy) is 2. The number of hydrogen-bond donors (Lipinski definition) is 0. The molecule has 80 valence electrons. The fraction of sp³-hybridized carbons (Fsp3) is 0.700. The largest absolute Gasteiger partial charge is 0.488 e. The van der Waals surface area contributed by atoms with Gasteiger partial charge in [0.15, 0.2) is 5.75 Å². The normalized spacial score (nSPS) is 10.9. The van der Waals surface area contributed by atoms with Crippen LogP contribution in [0.3, 0.4) is 0 Å². The van der Waals surface area contributed by atoms with Gasteiger partial charge in [-0.15, -0.1) is 0 Å². The third-order valence-corrected chi connectivity index (χ3v) is 1.74. The molecule has 0 spiro atoms. The predicted octanol–water partition coefficient (Wildman–Crippen LogP) is 1.71. The first kappa shape index (κ1) is 11.0. The number of rotatable bonds is 6. The van der Waals surface area contributed by atoms with Gasteiger partial charge < -0.3 is 9.47 Å². The summed E-state index contributed by atoms with van der Waals surface area (Å²) in [5.74, 6) is 0.805. The van der Waals surface area contributed by atoms with Crippen molar-refractivity contribution < 1.29 is 9.47 Å². The Hall–Kier alpha value is -1.03. The summed E-state index contributed by atoms with van der Waals surface area (Å²) in [5.41, 5.74) is 0. The molecule has 1 aromatic rings. The molecular formula is C10H18N2O2. The highest BCUT2D eigenvalue weighted by molar-refractivity contribution is 5.11. The number of aromatic nitrogens is 2. The van der Waals surface area contributed by atoms with E-state index >= 15 is 0 Å². The van der Waals surface area contributed by atoms with E-state index in [0.717, 1.165) is 12.3 Å². The van der Waals surface area contributed by atoms with Gasteiger partial charge in [-0.2, -0.15) is 5.10 Å². The first-order valence-electron chi connectivity index (χ1n) is 4.99. The fourth-order valence-corrected chi connectivity index (χ4v) is 1.04. The molecule has 0 aliphatic carbocycles. The van der Waals surface area contributed by atoms with Crippen LogP contribution >= 0.6 is 0 Å². The molecule has 0 N–H and O–H groups in total. The van der Waals surface area contributed by atoms with Gasteiger partial charge in [0, 0.05) is 6.54 Å². The van der Waals surface area contributed by atoms with Gasteiger partial charge in [-0.1, -0.05) is 0 Å². The van der Waals surface area contributed by atoms with Crippen LogP contribution in [0.4, 0.5) is 0 Å². The highest BCUT2D eigenvalue weighted by atomic mass is 16.5. The van der Waals surface area contributed by atoms with Gasteiger partial charge in [-0.25, -0.2) is 0 Å². The van der Waals surface area contributed by atoms with Crippen molar-refractivity contribution in [2.24, 2.45) is 0 Å². The van der Waals surface area contributed by atoms with Crippen molar-refractivity contribution >= 4 is 0 Å². The minimum Gasteiger partial charge on any atom is -0.488 e. The Morgan fingerprint density at radius 1 is 1.43 bits per heavy atom. The molecule has 0 aromatic carbocycles. The van der Waals surface area contributed by atoms with Crippen molar-refractivity contribution in [2.75, 3.05) is 13.2 Å². The Balaban J connectivity index is 2.18. The fourth-order valence-electron chi connectivity index (χ4n) is 1.04. The summed E-state index contributed by atoms with van der Waals surface area (Å²) in [6, 6.07) is 0. The zero-order valence-corrected chi connectivity index (χ0v) is 9.06. The number of nitrogens with zero attached hydrogens (tertiary/aromatic N) is 2.